The van der Waals surface area contributed by atoms with Crippen molar-refractivity contribution in [1.29, 1.82) is 0 Å². The molecule has 0 aliphatic carbocycles. The molecular weight excluding hydrogens is 266 g/mol. The molecule has 0 aromatic heterocycles. The quantitative estimate of drug-likeness (QED) is 0.617. The Bertz CT molecular complexity index is 513. The molecule has 1 atom stereocenters. The summed E-state index contributed by atoms with van der Waals surface area (Å²) in [6.07, 6.45) is 3.30. The maximum Gasteiger partial charge on any atom is 0.305 e. The Balaban J connectivity index is 1.92. The van der Waals surface area contributed by atoms with Gasteiger partial charge in [0.25, 0.3) is 0 Å². The molecule has 0 unspecified atom stereocenters. The summed E-state index contributed by atoms with van der Waals surface area (Å²) < 4.78 is 4.60. The van der Waals surface area contributed by atoms with Gasteiger partial charge in [-0.25, -0.2) is 0 Å². The number of esters is 1. The van der Waals surface area contributed by atoms with E-state index in [-0.39, 0.29) is 11.9 Å². The fraction of sp³-hybridized carbons (Fsp3) is 0.529. The van der Waals surface area contributed by atoms with Crippen molar-refractivity contribution in [2.24, 2.45) is 0 Å². The predicted octanol–water partition coefficient (Wildman–Crippen LogP) is 3.26. The molecule has 1 aromatic carbocycles. The van der Waals surface area contributed by atoms with E-state index in [4.69, 9.17) is 0 Å². The number of amides is 1. The first kappa shape index (κ1) is 15.5. The predicted molar refractivity (Wildman–Crippen MR) is 82.3 cm³/mol. The van der Waals surface area contributed by atoms with E-state index in [1.807, 2.05) is 23.1 Å². The third-order valence-electron chi connectivity index (χ3n) is 4.09. The summed E-state index contributed by atoms with van der Waals surface area (Å²) in [5, 5.41) is 0. The van der Waals surface area contributed by atoms with E-state index in [0.29, 0.717) is 25.2 Å². The van der Waals surface area contributed by atoms with E-state index < -0.39 is 0 Å². The van der Waals surface area contributed by atoms with Crippen molar-refractivity contribution < 1.29 is 14.3 Å². The van der Waals surface area contributed by atoms with Crippen molar-refractivity contribution in [2.75, 3.05) is 18.6 Å². The zero-order chi connectivity index (χ0) is 15.2. The van der Waals surface area contributed by atoms with Gasteiger partial charge in [-0.05, 0) is 36.8 Å². The van der Waals surface area contributed by atoms with Gasteiger partial charge in [-0.15, -0.1) is 0 Å². The van der Waals surface area contributed by atoms with E-state index in [1.165, 1.54) is 12.7 Å². The number of anilines is 1. The smallest absolute Gasteiger partial charge is 0.305 e. The van der Waals surface area contributed by atoms with Gasteiger partial charge < -0.3 is 9.64 Å². The number of carbonyl (C=O) groups excluding carboxylic acids is 2. The molecule has 2 rings (SSSR count). The van der Waals surface area contributed by atoms with Gasteiger partial charge in [0.05, 0.1) is 7.11 Å². The van der Waals surface area contributed by atoms with Crippen LogP contribution in [0.4, 0.5) is 5.69 Å². The molecule has 4 nitrogen and oxygen atoms in total. The van der Waals surface area contributed by atoms with Crippen LogP contribution in [-0.4, -0.2) is 25.5 Å². The molecule has 1 heterocycles. The number of hydrogen-bond acceptors (Lipinski definition) is 3. The van der Waals surface area contributed by atoms with E-state index >= 15 is 0 Å². The number of ether oxygens (including phenoxy) is 1. The van der Waals surface area contributed by atoms with Crippen LogP contribution in [0.25, 0.3) is 0 Å². The Labute approximate surface area is 126 Å². The molecule has 0 saturated heterocycles. The van der Waals surface area contributed by atoms with E-state index in [2.05, 4.69) is 17.7 Å². The molecule has 4 heteroatoms. The summed E-state index contributed by atoms with van der Waals surface area (Å²) >= 11 is 0. The van der Waals surface area contributed by atoms with Crippen molar-refractivity contribution in [2.45, 2.75) is 44.9 Å². The van der Waals surface area contributed by atoms with Crippen molar-refractivity contribution in [1.82, 2.24) is 0 Å². The Kier molecular flexibility index (Phi) is 5.37. The van der Waals surface area contributed by atoms with Crippen molar-refractivity contribution in [3.8, 4) is 0 Å². The lowest BCUT2D eigenvalue weighted by Gasteiger charge is -2.33. The minimum Gasteiger partial charge on any atom is -0.469 e. The number of rotatable bonds is 5. The van der Waals surface area contributed by atoms with Crippen LogP contribution in [0.2, 0.25) is 0 Å². The molecule has 1 aliphatic heterocycles. The van der Waals surface area contributed by atoms with Gasteiger partial charge in [-0.2, -0.15) is 0 Å². The fourth-order valence-corrected chi connectivity index (χ4v) is 2.79. The molecule has 114 valence electrons. The van der Waals surface area contributed by atoms with E-state index in [9.17, 15) is 9.59 Å². The maximum atomic E-state index is 12.4. The monoisotopic (exact) mass is 289 g/mol. The summed E-state index contributed by atoms with van der Waals surface area (Å²) in [6, 6.07) is 8.14. The topological polar surface area (TPSA) is 46.6 Å². The Morgan fingerprint density at radius 2 is 1.95 bits per heavy atom. The van der Waals surface area contributed by atoms with Crippen LogP contribution >= 0.6 is 0 Å². The van der Waals surface area contributed by atoms with Crippen LogP contribution in [0, 0.1) is 0 Å². The van der Waals surface area contributed by atoms with Crippen LogP contribution in [0.1, 0.15) is 50.5 Å². The van der Waals surface area contributed by atoms with Crippen molar-refractivity contribution in [3.05, 3.63) is 29.8 Å². The second-order valence-electron chi connectivity index (χ2n) is 5.58. The third kappa shape index (κ3) is 3.84. The number of nitrogens with zero attached hydrogens (tertiary/aromatic N) is 1. The summed E-state index contributed by atoms with van der Waals surface area (Å²) in [7, 11) is 1.39. The normalized spacial score (nSPS) is 17.2. The SMILES string of the molecule is COC(=O)CCCCC(=O)N1CC[C@H](C)c2ccccc21. The summed E-state index contributed by atoms with van der Waals surface area (Å²) in [5.41, 5.74) is 2.31. The average Bonchev–Trinajstić information content (AvgIpc) is 2.51. The summed E-state index contributed by atoms with van der Waals surface area (Å²) in [4.78, 5) is 25.3. The largest absolute Gasteiger partial charge is 0.469 e. The molecule has 0 bridgehead atoms. The van der Waals surface area contributed by atoms with Crippen molar-refractivity contribution >= 4 is 17.6 Å². The molecule has 0 N–H and O–H groups in total. The number of hydrogen-bond donors (Lipinski definition) is 0. The molecule has 21 heavy (non-hydrogen) atoms. The van der Waals surface area contributed by atoms with E-state index in [1.54, 1.807) is 0 Å². The molecule has 1 aliphatic rings. The molecular formula is C17H23NO3. The van der Waals surface area contributed by atoms with Gasteiger partial charge in [-0.1, -0.05) is 25.1 Å². The number of unbranched alkanes of at least 4 members (excludes halogenated alkanes) is 1. The van der Waals surface area contributed by atoms with Gasteiger partial charge in [0, 0.05) is 25.1 Å². The van der Waals surface area contributed by atoms with E-state index in [0.717, 1.165) is 25.1 Å². The lowest BCUT2D eigenvalue weighted by molar-refractivity contribution is -0.140. The highest BCUT2D eigenvalue weighted by molar-refractivity contribution is 5.94. The van der Waals surface area contributed by atoms with Crippen LogP contribution < -0.4 is 4.90 Å². The molecule has 1 amide bonds. The molecule has 0 saturated carbocycles. The minimum atomic E-state index is -0.209. The fourth-order valence-electron chi connectivity index (χ4n) is 2.79. The highest BCUT2D eigenvalue weighted by Crippen LogP contribution is 2.35. The number of benzene rings is 1. The number of para-hydroxylation sites is 1. The third-order valence-corrected chi connectivity index (χ3v) is 4.09. The zero-order valence-electron chi connectivity index (χ0n) is 12.8. The summed E-state index contributed by atoms with van der Waals surface area (Å²) in [6.45, 7) is 2.99. The van der Waals surface area contributed by atoms with Gasteiger partial charge in [0.2, 0.25) is 5.91 Å². The Morgan fingerprint density at radius 1 is 1.24 bits per heavy atom. The number of carbonyl (C=O) groups is 2. The molecule has 1 aromatic rings. The number of fused-ring (bicyclic) bond motifs is 1. The first-order chi connectivity index (χ1) is 10.1. The first-order valence-corrected chi connectivity index (χ1v) is 7.59. The Morgan fingerprint density at radius 3 is 2.71 bits per heavy atom. The van der Waals surface area contributed by atoms with Gasteiger partial charge in [0.15, 0.2) is 0 Å². The first-order valence-electron chi connectivity index (χ1n) is 7.59. The minimum absolute atomic E-state index is 0.152. The van der Waals surface area contributed by atoms with Gasteiger partial charge in [0.1, 0.15) is 0 Å². The van der Waals surface area contributed by atoms with Crippen LogP contribution in [0.5, 0.6) is 0 Å². The second-order valence-corrected chi connectivity index (χ2v) is 5.58. The maximum absolute atomic E-state index is 12.4. The van der Waals surface area contributed by atoms with Crippen molar-refractivity contribution in [3.63, 3.8) is 0 Å². The highest BCUT2D eigenvalue weighted by atomic mass is 16.5. The second kappa shape index (κ2) is 7.25. The van der Waals surface area contributed by atoms with Gasteiger partial charge >= 0.3 is 5.97 Å². The average molecular weight is 289 g/mol. The van der Waals surface area contributed by atoms with Gasteiger partial charge in [-0.3, -0.25) is 9.59 Å². The Hall–Kier alpha value is -1.84. The molecule has 0 fully saturated rings. The van der Waals surface area contributed by atoms with Crippen LogP contribution in [0.15, 0.2) is 24.3 Å². The lowest BCUT2D eigenvalue weighted by atomic mass is 9.91. The van der Waals surface area contributed by atoms with Crippen LogP contribution in [0.3, 0.4) is 0 Å². The standard InChI is InChI=1S/C17H23NO3/c1-13-11-12-18(15-8-4-3-7-14(13)15)16(19)9-5-6-10-17(20)21-2/h3-4,7-8,13H,5-6,9-12H2,1-2H3/t13-/m0/s1. The molecule has 0 spiro atoms. The highest BCUT2D eigenvalue weighted by Gasteiger charge is 2.25. The van der Waals surface area contributed by atoms with Crippen LogP contribution in [-0.2, 0) is 14.3 Å². The summed E-state index contributed by atoms with van der Waals surface area (Å²) in [5.74, 6) is 0.448. The molecule has 0 radical (unpaired) electrons. The zero-order valence-corrected chi connectivity index (χ0v) is 12.8. The lowest BCUT2D eigenvalue weighted by Crippen LogP contribution is -2.36. The number of methoxy groups -OCH3 is 1.